The molecule has 2 heterocycles. The summed E-state index contributed by atoms with van der Waals surface area (Å²) in [4.78, 5) is 83.2. The summed E-state index contributed by atoms with van der Waals surface area (Å²) in [7, 11) is 7.75. The van der Waals surface area contributed by atoms with Gasteiger partial charge in [-0.25, -0.2) is 8.78 Å². The molecule has 14 nitrogen and oxygen atoms in total. The van der Waals surface area contributed by atoms with E-state index in [1.807, 2.05) is 38.0 Å². The lowest BCUT2D eigenvalue weighted by atomic mass is 9.89. The van der Waals surface area contributed by atoms with E-state index in [4.69, 9.17) is 32.7 Å². The molecule has 2 aliphatic rings. The lowest BCUT2D eigenvalue weighted by molar-refractivity contribution is -0.135. The summed E-state index contributed by atoms with van der Waals surface area (Å²) in [6.07, 6.45) is 2.92. The number of benzene rings is 4. The molecule has 370 valence electrons. The van der Waals surface area contributed by atoms with Crippen molar-refractivity contribution in [2.45, 2.75) is 32.1 Å². The number of halogens is 4. The minimum absolute atomic E-state index is 0.0317. The Morgan fingerprint density at radius 3 is 1.32 bits per heavy atom. The lowest BCUT2D eigenvalue weighted by Gasteiger charge is -2.31. The Kier molecular flexibility index (Phi) is 20.9. The predicted molar refractivity (Wildman–Crippen MR) is 260 cm³/mol. The Balaban J connectivity index is 0.000000258. The van der Waals surface area contributed by atoms with E-state index in [1.54, 1.807) is 34.1 Å². The highest BCUT2D eigenvalue weighted by molar-refractivity contribution is 6.31. The van der Waals surface area contributed by atoms with Gasteiger partial charge in [0.05, 0.1) is 11.1 Å². The maximum atomic E-state index is 13.1. The topological polar surface area (TPSA) is 158 Å². The number of rotatable bonds is 19. The second-order valence-electron chi connectivity index (χ2n) is 17.4. The van der Waals surface area contributed by atoms with E-state index < -0.39 is 0 Å². The molecule has 0 spiro atoms. The number of hydrogen-bond acceptors (Lipinski definition) is 10. The SMILES string of the molecule is CN(C)CCCNC(=O)c1cc(Cl)ccc1OCC(=O)N1CCC(C(=O)c2ccc(F)cc2)CC1.CN(C)CCNC(=O)c1cc(Cl)ccc1OCC(=O)N1CCC(C(=O)c2ccc(F)cc2)CC1. The van der Waals surface area contributed by atoms with Gasteiger partial charge in [-0.15, -0.1) is 0 Å². The Hall–Kier alpha value is -5.94. The molecule has 0 unspecified atom stereocenters. The summed E-state index contributed by atoms with van der Waals surface area (Å²) in [5, 5.41) is 6.46. The van der Waals surface area contributed by atoms with Crippen molar-refractivity contribution < 1.29 is 47.0 Å². The predicted octanol–water partition coefficient (Wildman–Crippen LogP) is 6.93. The van der Waals surface area contributed by atoms with Gasteiger partial charge in [0.1, 0.15) is 23.1 Å². The number of Topliss-reactive ketones (excluding diaryl/α,β-unsaturated/α-hetero) is 2. The van der Waals surface area contributed by atoms with Crippen molar-refractivity contribution in [3.8, 4) is 11.5 Å². The third-order valence-corrected chi connectivity index (χ3v) is 12.2. The first-order valence-corrected chi connectivity index (χ1v) is 23.6. The molecule has 18 heteroatoms. The van der Waals surface area contributed by atoms with Crippen LogP contribution in [0.1, 0.15) is 73.5 Å². The number of ether oxygens (including phenoxy) is 2. The lowest BCUT2D eigenvalue weighted by Crippen LogP contribution is -2.42. The second-order valence-corrected chi connectivity index (χ2v) is 18.3. The number of carbonyl (C=O) groups excluding carboxylic acids is 6. The van der Waals surface area contributed by atoms with Crippen LogP contribution in [0.5, 0.6) is 11.5 Å². The van der Waals surface area contributed by atoms with Crippen LogP contribution < -0.4 is 20.1 Å². The van der Waals surface area contributed by atoms with E-state index in [0.29, 0.717) is 92.7 Å². The summed E-state index contributed by atoms with van der Waals surface area (Å²) in [6.45, 7) is 3.77. The first-order valence-electron chi connectivity index (χ1n) is 22.8. The van der Waals surface area contributed by atoms with Crippen molar-refractivity contribution in [1.29, 1.82) is 0 Å². The van der Waals surface area contributed by atoms with E-state index in [1.165, 1.54) is 60.7 Å². The van der Waals surface area contributed by atoms with Gasteiger partial charge in [0.25, 0.3) is 23.6 Å². The van der Waals surface area contributed by atoms with Crippen LogP contribution in [0.25, 0.3) is 0 Å². The molecule has 0 aliphatic carbocycles. The molecule has 2 N–H and O–H groups in total. The zero-order valence-electron chi connectivity index (χ0n) is 39.4. The van der Waals surface area contributed by atoms with Crippen LogP contribution in [0.2, 0.25) is 10.0 Å². The maximum Gasteiger partial charge on any atom is 0.260 e. The minimum atomic E-state index is -0.383. The molecular formula is C51H60Cl2F2N6O8. The molecule has 0 radical (unpaired) electrons. The molecule has 6 rings (SSSR count). The van der Waals surface area contributed by atoms with E-state index in [2.05, 4.69) is 10.6 Å². The number of ketones is 2. The monoisotopic (exact) mass is 992 g/mol. The van der Waals surface area contributed by atoms with E-state index in [9.17, 15) is 37.5 Å². The van der Waals surface area contributed by atoms with Gasteiger partial charge in [-0.1, -0.05) is 23.2 Å². The van der Waals surface area contributed by atoms with Crippen LogP contribution in [-0.2, 0) is 9.59 Å². The summed E-state index contributed by atoms with van der Waals surface area (Å²) < 4.78 is 37.6. The quantitative estimate of drug-likeness (QED) is 0.0746. The number of carbonyl (C=O) groups is 6. The van der Waals surface area contributed by atoms with Gasteiger partial charge < -0.3 is 39.7 Å². The minimum Gasteiger partial charge on any atom is -0.483 e. The highest BCUT2D eigenvalue weighted by atomic mass is 35.5. The number of piperidine rings is 2. The van der Waals surface area contributed by atoms with Crippen LogP contribution in [0, 0.1) is 23.5 Å². The van der Waals surface area contributed by atoms with Gasteiger partial charge in [0.15, 0.2) is 24.8 Å². The number of likely N-dealkylation sites (tertiary alicyclic amines) is 2. The smallest absolute Gasteiger partial charge is 0.260 e. The summed E-state index contributed by atoms with van der Waals surface area (Å²) in [5.74, 6) is -1.75. The van der Waals surface area contributed by atoms with Gasteiger partial charge in [0.2, 0.25) is 0 Å². The van der Waals surface area contributed by atoms with Crippen LogP contribution in [0.3, 0.4) is 0 Å². The van der Waals surface area contributed by atoms with Gasteiger partial charge in [0, 0.05) is 78.8 Å². The highest BCUT2D eigenvalue weighted by Gasteiger charge is 2.30. The zero-order chi connectivity index (χ0) is 50.0. The van der Waals surface area contributed by atoms with Crippen molar-refractivity contribution >= 4 is 58.4 Å². The van der Waals surface area contributed by atoms with Crippen LogP contribution in [0.4, 0.5) is 8.78 Å². The maximum absolute atomic E-state index is 13.1. The average molecular weight is 994 g/mol. The van der Waals surface area contributed by atoms with Crippen molar-refractivity contribution in [3.63, 3.8) is 0 Å². The van der Waals surface area contributed by atoms with E-state index in [-0.39, 0.29) is 94.5 Å². The largest absolute Gasteiger partial charge is 0.483 e. The van der Waals surface area contributed by atoms with Crippen molar-refractivity contribution in [2.75, 3.05) is 93.8 Å². The van der Waals surface area contributed by atoms with Crippen LogP contribution in [0.15, 0.2) is 84.9 Å². The second kappa shape index (κ2) is 26.7. The van der Waals surface area contributed by atoms with Crippen molar-refractivity contribution in [3.05, 3.63) is 129 Å². The first-order chi connectivity index (χ1) is 33.0. The van der Waals surface area contributed by atoms with Gasteiger partial charge in [-0.05, 0) is 152 Å². The number of hydrogen-bond donors (Lipinski definition) is 2. The standard InChI is InChI=1S/C26H31ClFN3O4.C25H29ClFN3O4/c1-30(2)13-3-12-29-26(34)22-16-20(27)6-9-23(22)35-17-24(32)31-14-10-19(11-15-31)25(33)18-4-7-21(28)8-5-18;1-29(2)14-11-28-25(33)21-15-19(26)5-8-22(21)34-16-23(31)30-12-9-18(10-13-30)24(32)17-3-6-20(27)7-4-17/h4-9,16,19H,3,10-15,17H2,1-2H3,(H,29,34);3-8,15,18H,9-14,16H2,1-2H3,(H,28,33). The fraction of sp³-hybridized carbons (Fsp3) is 0.412. The Morgan fingerprint density at radius 1 is 0.565 bits per heavy atom. The highest BCUT2D eigenvalue weighted by Crippen LogP contribution is 2.27. The molecule has 2 fully saturated rings. The molecule has 4 aromatic rings. The molecule has 2 saturated heterocycles. The van der Waals surface area contributed by atoms with Crippen molar-refractivity contribution in [1.82, 2.24) is 30.2 Å². The molecule has 0 atom stereocenters. The molecule has 0 bridgehead atoms. The fourth-order valence-electron chi connectivity index (χ4n) is 7.74. The van der Waals surface area contributed by atoms with Gasteiger partial charge in [-0.2, -0.15) is 0 Å². The van der Waals surface area contributed by atoms with E-state index >= 15 is 0 Å². The van der Waals surface area contributed by atoms with Crippen molar-refractivity contribution in [2.24, 2.45) is 11.8 Å². The number of likely N-dealkylation sites (N-methyl/N-ethyl adjacent to an activating group) is 1. The average Bonchev–Trinajstić information content (AvgIpc) is 3.34. The van der Waals surface area contributed by atoms with Crippen LogP contribution in [-0.4, -0.2) is 149 Å². The molecule has 2 aliphatic heterocycles. The first kappa shape index (κ1) is 54.0. The molecule has 4 aromatic carbocycles. The third-order valence-electron chi connectivity index (χ3n) is 11.7. The molecule has 0 saturated carbocycles. The molecule has 0 aromatic heterocycles. The zero-order valence-corrected chi connectivity index (χ0v) is 40.9. The number of nitrogens with zero attached hydrogens (tertiary/aromatic N) is 4. The number of amides is 4. The summed E-state index contributed by atoms with van der Waals surface area (Å²) >= 11 is 12.1. The van der Waals surface area contributed by atoms with Crippen LogP contribution >= 0.6 is 23.2 Å². The Bertz CT molecular complexity index is 2390. The van der Waals surface area contributed by atoms with E-state index in [0.717, 1.165) is 13.0 Å². The normalized spacial score (nSPS) is 14.2. The molecular weight excluding hydrogens is 933 g/mol. The summed E-state index contributed by atoms with van der Waals surface area (Å²) in [5.41, 5.74) is 1.50. The Labute approximate surface area is 412 Å². The van der Waals surface area contributed by atoms with Gasteiger partial charge in [-0.3, -0.25) is 28.8 Å². The molecule has 4 amide bonds. The molecule has 69 heavy (non-hydrogen) atoms. The Morgan fingerprint density at radius 2 is 0.942 bits per heavy atom. The van der Waals surface area contributed by atoms with Gasteiger partial charge >= 0.3 is 0 Å². The summed E-state index contributed by atoms with van der Waals surface area (Å²) in [6, 6.07) is 20.5. The third kappa shape index (κ3) is 16.9. The number of nitrogens with one attached hydrogen (secondary N) is 2. The fourth-order valence-corrected chi connectivity index (χ4v) is 8.08.